The number of thioether (sulfide) groups is 1. The van der Waals surface area contributed by atoms with Gasteiger partial charge in [-0.05, 0) is 30.7 Å². The summed E-state index contributed by atoms with van der Waals surface area (Å²) in [5, 5.41) is 13.3. The fourth-order valence-corrected chi connectivity index (χ4v) is 4.30. The summed E-state index contributed by atoms with van der Waals surface area (Å²) >= 11 is 1.39. The van der Waals surface area contributed by atoms with Crippen LogP contribution in [0.15, 0.2) is 53.6 Å². The Labute approximate surface area is 183 Å². The number of nitrogens with zero attached hydrogens (tertiary/aromatic N) is 3. The Hall–Kier alpha value is -3.70. The number of anilines is 1. The number of carbonyl (C=O) groups is 1. The minimum absolute atomic E-state index is 0.167. The number of pyridine rings is 1. The van der Waals surface area contributed by atoms with Gasteiger partial charge in [0.25, 0.3) is 0 Å². The highest BCUT2D eigenvalue weighted by Crippen LogP contribution is 2.30. The SMILES string of the molecule is COc1cc(NC(=O)CSc2cc(C)c(C#N)c3nc4ccccc4n23)cc(OC)c1. The van der Waals surface area contributed by atoms with Crippen molar-refractivity contribution in [2.75, 3.05) is 25.3 Å². The minimum atomic E-state index is -0.167. The Morgan fingerprint density at radius 3 is 2.55 bits per heavy atom. The summed E-state index contributed by atoms with van der Waals surface area (Å²) in [5.41, 5.74) is 4.26. The van der Waals surface area contributed by atoms with Crippen molar-refractivity contribution < 1.29 is 14.3 Å². The van der Waals surface area contributed by atoms with Crippen molar-refractivity contribution >= 4 is 40.0 Å². The molecule has 0 atom stereocenters. The number of para-hydroxylation sites is 2. The number of carbonyl (C=O) groups excluding carboxylic acids is 1. The van der Waals surface area contributed by atoms with E-state index in [-0.39, 0.29) is 11.7 Å². The van der Waals surface area contributed by atoms with Gasteiger partial charge in [0, 0.05) is 23.9 Å². The number of nitriles is 1. The van der Waals surface area contributed by atoms with Crippen LogP contribution in [0.4, 0.5) is 5.69 Å². The molecule has 0 aliphatic carbocycles. The van der Waals surface area contributed by atoms with Crippen molar-refractivity contribution in [3.05, 3.63) is 59.7 Å². The zero-order chi connectivity index (χ0) is 22.0. The smallest absolute Gasteiger partial charge is 0.234 e. The summed E-state index contributed by atoms with van der Waals surface area (Å²) in [5.74, 6) is 1.21. The number of ether oxygens (including phenoxy) is 2. The molecule has 0 saturated carbocycles. The molecule has 4 rings (SSSR count). The van der Waals surface area contributed by atoms with E-state index in [4.69, 9.17) is 9.47 Å². The number of methoxy groups -OCH3 is 2. The summed E-state index contributed by atoms with van der Waals surface area (Å²) in [6.45, 7) is 1.88. The van der Waals surface area contributed by atoms with Crippen molar-refractivity contribution in [1.29, 1.82) is 5.26 Å². The van der Waals surface area contributed by atoms with Gasteiger partial charge in [0.2, 0.25) is 5.91 Å². The van der Waals surface area contributed by atoms with Gasteiger partial charge < -0.3 is 14.8 Å². The predicted molar refractivity (Wildman–Crippen MR) is 121 cm³/mol. The fourth-order valence-electron chi connectivity index (χ4n) is 3.38. The first-order valence-electron chi connectivity index (χ1n) is 9.50. The number of rotatable bonds is 6. The number of fused-ring (bicyclic) bond motifs is 3. The van der Waals surface area contributed by atoms with Gasteiger partial charge in [-0.3, -0.25) is 9.20 Å². The van der Waals surface area contributed by atoms with Crippen LogP contribution in [0.2, 0.25) is 0 Å². The molecule has 1 N–H and O–H groups in total. The second kappa shape index (κ2) is 8.58. The van der Waals surface area contributed by atoms with E-state index in [1.54, 1.807) is 32.4 Å². The molecule has 2 aromatic heterocycles. The summed E-state index contributed by atoms with van der Waals surface area (Å²) in [6, 6.07) is 17.1. The fraction of sp³-hybridized carbons (Fsp3) is 0.174. The van der Waals surface area contributed by atoms with Gasteiger partial charge in [0.05, 0.1) is 41.6 Å². The van der Waals surface area contributed by atoms with Crippen LogP contribution in [-0.2, 0) is 4.79 Å². The summed E-state index contributed by atoms with van der Waals surface area (Å²) in [7, 11) is 3.12. The van der Waals surface area contributed by atoms with Crippen LogP contribution in [-0.4, -0.2) is 35.3 Å². The molecule has 0 unspecified atom stereocenters. The van der Waals surface area contributed by atoms with Crippen LogP contribution in [0.3, 0.4) is 0 Å². The lowest BCUT2D eigenvalue weighted by Crippen LogP contribution is -2.14. The van der Waals surface area contributed by atoms with Crippen molar-refractivity contribution in [3.8, 4) is 17.6 Å². The third kappa shape index (κ3) is 4.00. The zero-order valence-corrected chi connectivity index (χ0v) is 18.1. The number of hydrogen-bond donors (Lipinski definition) is 1. The van der Waals surface area contributed by atoms with Crippen LogP contribution in [0, 0.1) is 18.3 Å². The highest BCUT2D eigenvalue weighted by Gasteiger charge is 2.16. The molecule has 1 amide bonds. The second-order valence-electron chi connectivity index (χ2n) is 6.85. The Morgan fingerprint density at radius 1 is 1.16 bits per heavy atom. The van der Waals surface area contributed by atoms with Crippen LogP contribution >= 0.6 is 11.8 Å². The van der Waals surface area contributed by atoms with Crippen molar-refractivity contribution in [1.82, 2.24) is 9.38 Å². The molecule has 4 aromatic rings. The Morgan fingerprint density at radius 2 is 1.87 bits per heavy atom. The molecule has 2 aromatic carbocycles. The first-order valence-corrected chi connectivity index (χ1v) is 10.5. The lowest BCUT2D eigenvalue weighted by Gasteiger charge is -2.11. The molecule has 7 nitrogen and oxygen atoms in total. The molecule has 0 radical (unpaired) electrons. The maximum atomic E-state index is 12.6. The third-order valence-corrected chi connectivity index (χ3v) is 5.84. The van der Waals surface area contributed by atoms with Crippen LogP contribution < -0.4 is 14.8 Å². The van der Waals surface area contributed by atoms with Gasteiger partial charge in [-0.2, -0.15) is 5.26 Å². The number of aryl methyl sites for hydroxylation is 1. The van der Waals surface area contributed by atoms with Crippen LogP contribution in [0.5, 0.6) is 11.5 Å². The van der Waals surface area contributed by atoms with Crippen molar-refractivity contribution in [3.63, 3.8) is 0 Å². The van der Waals surface area contributed by atoms with E-state index in [0.29, 0.717) is 28.4 Å². The second-order valence-corrected chi connectivity index (χ2v) is 7.85. The highest BCUT2D eigenvalue weighted by molar-refractivity contribution is 7.99. The molecule has 8 heteroatoms. The van der Waals surface area contributed by atoms with Gasteiger partial charge in [0.1, 0.15) is 17.6 Å². The summed E-state index contributed by atoms with van der Waals surface area (Å²) in [6.07, 6.45) is 0. The molecule has 31 heavy (non-hydrogen) atoms. The number of imidazole rings is 1. The summed E-state index contributed by atoms with van der Waals surface area (Å²) in [4.78, 5) is 17.3. The molecule has 0 fully saturated rings. The van der Waals surface area contributed by atoms with E-state index in [2.05, 4.69) is 16.4 Å². The van der Waals surface area contributed by atoms with E-state index in [9.17, 15) is 10.1 Å². The molecule has 0 saturated heterocycles. The lowest BCUT2D eigenvalue weighted by molar-refractivity contribution is -0.113. The molecule has 0 spiro atoms. The number of hydrogen-bond acceptors (Lipinski definition) is 6. The summed E-state index contributed by atoms with van der Waals surface area (Å²) < 4.78 is 12.4. The van der Waals surface area contributed by atoms with Gasteiger partial charge in [-0.1, -0.05) is 23.9 Å². The van der Waals surface area contributed by atoms with E-state index < -0.39 is 0 Å². The molecule has 156 valence electrons. The maximum absolute atomic E-state index is 12.6. The average Bonchev–Trinajstić information content (AvgIpc) is 3.16. The average molecular weight is 433 g/mol. The van der Waals surface area contributed by atoms with Gasteiger partial charge >= 0.3 is 0 Å². The molecular weight excluding hydrogens is 412 g/mol. The highest BCUT2D eigenvalue weighted by atomic mass is 32.2. The largest absolute Gasteiger partial charge is 0.497 e. The molecule has 0 aliphatic rings. The van der Waals surface area contributed by atoms with Crippen LogP contribution in [0.1, 0.15) is 11.1 Å². The Kier molecular flexibility index (Phi) is 5.69. The zero-order valence-electron chi connectivity index (χ0n) is 17.3. The Bertz CT molecular complexity index is 1320. The molecule has 2 heterocycles. The van der Waals surface area contributed by atoms with E-state index in [1.807, 2.05) is 41.7 Å². The Balaban J connectivity index is 1.62. The number of nitrogens with one attached hydrogen (secondary N) is 1. The van der Waals surface area contributed by atoms with Gasteiger partial charge in [-0.25, -0.2) is 4.98 Å². The van der Waals surface area contributed by atoms with Crippen molar-refractivity contribution in [2.45, 2.75) is 11.9 Å². The maximum Gasteiger partial charge on any atom is 0.234 e. The van der Waals surface area contributed by atoms with Gasteiger partial charge in [-0.15, -0.1) is 0 Å². The molecular formula is C23H20N4O3S. The first-order chi connectivity index (χ1) is 15.0. The standard InChI is InChI=1S/C23H20N4O3S/c1-14-8-22(27-20-7-5-4-6-19(20)26-23(27)18(14)12-24)31-13-21(28)25-15-9-16(29-2)11-17(10-15)30-3/h4-11H,13H2,1-3H3,(H,25,28). The lowest BCUT2D eigenvalue weighted by atomic mass is 10.2. The molecule has 0 aliphatic heterocycles. The van der Waals surface area contributed by atoms with E-state index in [1.165, 1.54) is 11.8 Å². The monoisotopic (exact) mass is 432 g/mol. The minimum Gasteiger partial charge on any atom is -0.497 e. The molecule has 0 bridgehead atoms. The van der Waals surface area contributed by atoms with Gasteiger partial charge in [0.15, 0.2) is 5.65 Å². The number of aromatic nitrogens is 2. The van der Waals surface area contributed by atoms with E-state index >= 15 is 0 Å². The van der Waals surface area contributed by atoms with Crippen molar-refractivity contribution in [2.24, 2.45) is 0 Å². The predicted octanol–water partition coefficient (Wildman–Crippen LogP) is 4.42. The normalized spacial score (nSPS) is 10.8. The first kappa shape index (κ1) is 20.6. The topological polar surface area (TPSA) is 88.6 Å². The quantitative estimate of drug-likeness (QED) is 0.454. The number of benzene rings is 2. The van der Waals surface area contributed by atoms with Crippen LogP contribution in [0.25, 0.3) is 16.7 Å². The third-order valence-electron chi connectivity index (χ3n) is 4.84. The number of amides is 1. The van der Waals surface area contributed by atoms with E-state index in [0.717, 1.165) is 21.6 Å².